The van der Waals surface area contributed by atoms with E-state index in [1.54, 1.807) is 0 Å². The van der Waals surface area contributed by atoms with Crippen molar-refractivity contribution in [2.75, 3.05) is 6.54 Å². The fraction of sp³-hybridized carbons (Fsp3) is 0.333. The number of halogens is 1. The fourth-order valence-corrected chi connectivity index (χ4v) is 1.75. The Morgan fingerprint density at radius 2 is 2.00 bits per heavy atom. The van der Waals surface area contributed by atoms with Crippen LogP contribution < -0.4 is 5.32 Å². The summed E-state index contributed by atoms with van der Waals surface area (Å²) < 4.78 is 0. The van der Waals surface area contributed by atoms with Gasteiger partial charge in [-0.25, -0.2) is 0 Å². The zero-order valence-electron chi connectivity index (χ0n) is 10.5. The van der Waals surface area contributed by atoms with Crippen LogP contribution in [0.3, 0.4) is 0 Å². The average molecular weight is 301 g/mol. The summed E-state index contributed by atoms with van der Waals surface area (Å²) in [6.45, 7) is 0.298. The molecule has 0 heterocycles. The normalized spacial score (nSPS) is 10.1. The highest BCUT2D eigenvalue weighted by Crippen LogP contribution is 2.20. The largest absolute Gasteiger partial charge is 0.481 e. The number of nitro groups is 1. The SMILES string of the molecule is O=C(O)CCCCNC(=O)c1cc(Cl)cc([N+](=O)[O-])c1. The highest BCUT2D eigenvalue weighted by molar-refractivity contribution is 6.31. The first-order valence-corrected chi connectivity index (χ1v) is 6.23. The molecule has 1 aromatic carbocycles. The molecule has 20 heavy (non-hydrogen) atoms. The molecule has 0 aliphatic heterocycles. The lowest BCUT2D eigenvalue weighted by Crippen LogP contribution is -2.24. The highest BCUT2D eigenvalue weighted by Gasteiger charge is 2.13. The van der Waals surface area contributed by atoms with Gasteiger partial charge in [0.15, 0.2) is 0 Å². The summed E-state index contributed by atoms with van der Waals surface area (Å²) in [5.74, 6) is -1.37. The maximum Gasteiger partial charge on any atom is 0.303 e. The number of nitrogens with zero attached hydrogens (tertiary/aromatic N) is 1. The summed E-state index contributed by atoms with van der Waals surface area (Å²) in [5.41, 5.74) is -0.157. The predicted octanol–water partition coefficient (Wildman–Crippen LogP) is 2.23. The summed E-state index contributed by atoms with van der Waals surface area (Å²) in [4.78, 5) is 32.1. The van der Waals surface area contributed by atoms with Gasteiger partial charge in [-0.05, 0) is 18.9 Å². The smallest absolute Gasteiger partial charge is 0.303 e. The van der Waals surface area contributed by atoms with Crippen molar-refractivity contribution < 1.29 is 19.6 Å². The maximum absolute atomic E-state index is 11.8. The van der Waals surface area contributed by atoms with Gasteiger partial charge in [0.05, 0.1) is 4.92 Å². The minimum atomic E-state index is -0.887. The summed E-state index contributed by atoms with van der Waals surface area (Å²) in [5, 5.41) is 21.8. The molecule has 7 nitrogen and oxygen atoms in total. The van der Waals surface area contributed by atoms with Crippen molar-refractivity contribution in [3.05, 3.63) is 38.9 Å². The number of hydrogen-bond donors (Lipinski definition) is 2. The standard InChI is InChI=1S/C12H13ClN2O5/c13-9-5-8(6-10(7-9)15(19)20)12(18)14-4-2-1-3-11(16)17/h5-7H,1-4H2,(H,14,18)(H,16,17). The van der Waals surface area contributed by atoms with Crippen LogP contribution in [0.4, 0.5) is 5.69 Å². The van der Waals surface area contributed by atoms with E-state index in [9.17, 15) is 19.7 Å². The van der Waals surface area contributed by atoms with Crippen LogP contribution in [0.25, 0.3) is 0 Å². The van der Waals surface area contributed by atoms with Crippen molar-refractivity contribution in [1.82, 2.24) is 5.32 Å². The van der Waals surface area contributed by atoms with Crippen LogP contribution in [0.1, 0.15) is 29.6 Å². The molecule has 0 unspecified atom stereocenters. The maximum atomic E-state index is 11.8. The Hall–Kier alpha value is -2.15. The van der Waals surface area contributed by atoms with Gasteiger partial charge in [-0.3, -0.25) is 19.7 Å². The second-order valence-electron chi connectivity index (χ2n) is 4.06. The number of non-ortho nitro benzene ring substituents is 1. The number of nitrogens with one attached hydrogen (secondary N) is 1. The first-order chi connectivity index (χ1) is 9.40. The third-order valence-corrected chi connectivity index (χ3v) is 2.68. The summed E-state index contributed by atoms with van der Waals surface area (Å²) in [7, 11) is 0. The number of unbranched alkanes of at least 4 members (excludes halogenated alkanes) is 1. The van der Waals surface area contributed by atoms with Crippen LogP contribution in [0, 0.1) is 10.1 Å². The molecule has 2 N–H and O–H groups in total. The predicted molar refractivity (Wildman–Crippen MR) is 71.9 cm³/mol. The summed E-state index contributed by atoms with van der Waals surface area (Å²) in [6, 6.07) is 3.63. The molecule has 0 saturated heterocycles. The van der Waals surface area contributed by atoms with Crippen molar-refractivity contribution in [2.45, 2.75) is 19.3 Å². The zero-order valence-corrected chi connectivity index (χ0v) is 11.2. The Morgan fingerprint density at radius 3 is 2.60 bits per heavy atom. The lowest BCUT2D eigenvalue weighted by molar-refractivity contribution is -0.384. The molecule has 0 aliphatic carbocycles. The number of rotatable bonds is 7. The Kier molecular flexibility index (Phi) is 5.92. The number of nitro benzene ring substituents is 1. The molecule has 0 atom stereocenters. The molecular formula is C12H13ClN2O5. The van der Waals surface area contributed by atoms with Gasteiger partial charge in [-0.1, -0.05) is 11.6 Å². The third-order valence-electron chi connectivity index (χ3n) is 2.46. The third kappa shape index (κ3) is 5.23. The number of amides is 1. The lowest BCUT2D eigenvalue weighted by atomic mass is 10.2. The van der Waals surface area contributed by atoms with Gasteiger partial charge in [0.1, 0.15) is 0 Å². The molecule has 1 amide bonds. The number of carbonyl (C=O) groups excluding carboxylic acids is 1. The van der Waals surface area contributed by atoms with Crippen molar-refractivity contribution in [2.24, 2.45) is 0 Å². The molecule has 108 valence electrons. The van der Waals surface area contributed by atoms with Gasteiger partial charge < -0.3 is 10.4 Å². The molecule has 0 bridgehead atoms. The summed E-state index contributed by atoms with van der Waals surface area (Å²) in [6.07, 6.45) is 1.00. The van der Waals surface area contributed by atoms with E-state index < -0.39 is 16.8 Å². The Balaban J connectivity index is 2.55. The van der Waals surface area contributed by atoms with Crippen LogP contribution in [0.2, 0.25) is 5.02 Å². The molecule has 0 fully saturated rings. The van der Waals surface area contributed by atoms with Crippen molar-refractivity contribution in [3.63, 3.8) is 0 Å². The first kappa shape index (κ1) is 15.9. The van der Waals surface area contributed by atoms with Gasteiger partial charge in [0.25, 0.3) is 11.6 Å². The molecule has 1 rings (SSSR count). The number of aliphatic carboxylic acids is 1. The van der Waals surface area contributed by atoms with Crippen LogP contribution in [-0.2, 0) is 4.79 Å². The molecular weight excluding hydrogens is 288 g/mol. The van der Waals surface area contributed by atoms with E-state index in [1.807, 2.05) is 0 Å². The Labute approximate surface area is 119 Å². The van der Waals surface area contributed by atoms with Gasteiger partial charge in [-0.2, -0.15) is 0 Å². The number of hydrogen-bond acceptors (Lipinski definition) is 4. The van der Waals surface area contributed by atoms with Crippen LogP contribution in [0.5, 0.6) is 0 Å². The van der Waals surface area contributed by atoms with Gasteiger partial charge in [-0.15, -0.1) is 0 Å². The van der Waals surface area contributed by atoms with Crippen molar-refractivity contribution in [1.29, 1.82) is 0 Å². The Bertz CT molecular complexity index is 533. The molecule has 0 saturated carbocycles. The molecule has 0 aliphatic rings. The number of carboxylic acids is 1. The lowest BCUT2D eigenvalue weighted by Gasteiger charge is -2.05. The molecule has 8 heteroatoms. The fourth-order valence-electron chi connectivity index (χ4n) is 1.52. The Morgan fingerprint density at radius 1 is 1.30 bits per heavy atom. The van der Waals surface area contributed by atoms with Gasteiger partial charge in [0.2, 0.25) is 0 Å². The van der Waals surface area contributed by atoms with Crippen molar-refractivity contribution in [3.8, 4) is 0 Å². The topological polar surface area (TPSA) is 110 Å². The number of benzene rings is 1. The van der Waals surface area contributed by atoms with E-state index in [-0.39, 0.29) is 22.7 Å². The van der Waals surface area contributed by atoms with Gasteiger partial charge >= 0.3 is 5.97 Å². The molecule has 0 aromatic heterocycles. The second kappa shape index (κ2) is 7.44. The monoisotopic (exact) mass is 300 g/mol. The van der Waals surface area contributed by atoms with E-state index in [2.05, 4.69) is 5.32 Å². The van der Waals surface area contributed by atoms with E-state index in [0.29, 0.717) is 19.4 Å². The number of carboxylic acid groups (broad SMARTS) is 1. The average Bonchev–Trinajstić information content (AvgIpc) is 2.36. The van der Waals surface area contributed by atoms with Gasteiger partial charge in [0, 0.05) is 35.7 Å². The number of carbonyl (C=O) groups is 2. The molecule has 0 spiro atoms. The molecule has 0 radical (unpaired) electrons. The van der Waals surface area contributed by atoms with Crippen LogP contribution >= 0.6 is 11.6 Å². The minimum Gasteiger partial charge on any atom is -0.481 e. The van der Waals surface area contributed by atoms with E-state index in [4.69, 9.17) is 16.7 Å². The minimum absolute atomic E-state index is 0.0402. The first-order valence-electron chi connectivity index (χ1n) is 5.85. The molecule has 1 aromatic rings. The van der Waals surface area contributed by atoms with Crippen LogP contribution in [0.15, 0.2) is 18.2 Å². The van der Waals surface area contributed by atoms with Crippen molar-refractivity contribution >= 4 is 29.2 Å². The zero-order chi connectivity index (χ0) is 15.1. The highest BCUT2D eigenvalue weighted by atomic mass is 35.5. The second-order valence-corrected chi connectivity index (χ2v) is 4.50. The summed E-state index contributed by atoms with van der Waals surface area (Å²) >= 11 is 5.71. The quantitative estimate of drug-likeness (QED) is 0.456. The van der Waals surface area contributed by atoms with E-state index in [1.165, 1.54) is 6.07 Å². The van der Waals surface area contributed by atoms with E-state index in [0.717, 1.165) is 12.1 Å². The van der Waals surface area contributed by atoms with E-state index >= 15 is 0 Å². The van der Waals surface area contributed by atoms with Crippen LogP contribution in [-0.4, -0.2) is 28.5 Å².